The molecule has 3 heterocycles. The smallest absolute Gasteiger partial charge is 0.151 e. The number of thiophene rings is 1. The summed E-state index contributed by atoms with van der Waals surface area (Å²) in [6.45, 7) is 1.03. The third-order valence-electron chi connectivity index (χ3n) is 2.83. The molecule has 5 heteroatoms. The van der Waals surface area contributed by atoms with Gasteiger partial charge in [-0.2, -0.15) is 5.10 Å². The van der Waals surface area contributed by atoms with Gasteiger partial charge in [-0.3, -0.25) is 5.10 Å². The van der Waals surface area contributed by atoms with Crippen molar-refractivity contribution in [2.75, 3.05) is 11.9 Å². The van der Waals surface area contributed by atoms with Crippen molar-refractivity contribution in [3.05, 3.63) is 21.5 Å². The van der Waals surface area contributed by atoms with Crippen molar-refractivity contribution >= 4 is 33.1 Å². The first-order chi connectivity index (χ1) is 7.84. The normalized spacial score (nSPS) is 15.3. The molecule has 0 spiro atoms. The molecule has 2 N–H and O–H groups in total. The van der Waals surface area contributed by atoms with Crippen LogP contribution < -0.4 is 5.32 Å². The molecule has 0 amide bonds. The molecular formula is C11H12BrN3S. The summed E-state index contributed by atoms with van der Waals surface area (Å²) in [4.78, 5) is 1.25. The Hall–Kier alpha value is -0.810. The van der Waals surface area contributed by atoms with E-state index in [-0.39, 0.29) is 0 Å². The van der Waals surface area contributed by atoms with Crippen molar-refractivity contribution in [2.24, 2.45) is 0 Å². The predicted octanol–water partition coefficient (Wildman–Crippen LogP) is 3.65. The summed E-state index contributed by atoms with van der Waals surface area (Å²) in [5.41, 5.74) is 2.52. The maximum absolute atomic E-state index is 4.36. The van der Waals surface area contributed by atoms with Crippen molar-refractivity contribution in [2.45, 2.75) is 19.3 Å². The van der Waals surface area contributed by atoms with Gasteiger partial charge in [-0.05, 0) is 47.3 Å². The molecule has 2 aromatic heterocycles. The molecule has 0 unspecified atom stereocenters. The minimum atomic E-state index is 1.03. The topological polar surface area (TPSA) is 40.7 Å². The average molecular weight is 298 g/mol. The van der Waals surface area contributed by atoms with Crippen LogP contribution in [0.4, 0.5) is 5.82 Å². The standard InChI is InChI=1S/C11H12BrN3S/c12-9-5-4-8(16-9)10-7-3-1-2-6-13-11(7)15-14-10/h4-5H,1-3,6H2,(H2,13,14,15). The Bertz CT molecular complexity index is 503. The summed E-state index contributed by atoms with van der Waals surface area (Å²) in [6, 6.07) is 4.21. The van der Waals surface area contributed by atoms with Crippen LogP contribution in [0.3, 0.4) is 0 Å². The fourth-order valence-electron chi connectivity index (χ4n) is 2.04. The molecule has 0 fully saturated rings. The van der Waals surface area contributed by atoms with E-state index in [9.17, 15) is 0 Å². The van der Waals surface area contributed by atoms with Crippen LogP contribution in [0.15, 0.2) is 15.9 Å². The number of aromatic nitrogens is 2. The van der Waals surface area contributed by atoms with E-state index in [1.165, 1.54) is 29.0 Å². The van der Waals surface area contributed by atoms with Crippen LogP contribution >= 0.6 is 27.3 Å². The second-order valence-electron chi connectivity index (χ2n) is 3.91. The molecule has 0 aliphatic carbocycles. The maximum atomic E-state index is 4.36. The second-order valence-corrected chi connectivity index (χ2v) is 6.38. The van der Waals surface area contributed by atoms with Gasteiger partial charge >= 0.3 is 0 Å². The van der Waals surface area contributed by atoms with Crippen molar-refractivity contribution in [3.8, 4) is 10.6 Å². The molecule has 0 radical (unpaired) electrons. The zero-order chi connectivity index (χ0) is 11.0. The molecule has 0 saturated heterocycles. The molecule has 16 heavy (non-hydrogen) atoms. The lowest BCUT2D eigenvalue weighted by Crippen LogP contribution is -1.99. The van der Waals surface area contributed by atoms with Gasteiger partial charge in [0.15, 0.2) is 5.82 Å². The summed E-state index contributed by atoms with van der Waals surface area (Å²) in [5, 5.41) is 10.9. The van der Waals surface area contributed by atoms with E-state index in [1.54, 1.807) is 11.3 Å². The van der Waals surface area contributed by atoms with Gasteiger partial charge in [0.05, 0.1) is 14.4 Å². The number of hydrogen-bond acceptors (Lipinski definition) is 3. The van der Waals surface area contributed by atoms with Crippen molar-refractivity contribution in [1.29, 1.82) is 0 Å². The number of anilines is 1. The molecule has 0 atom stereocenters. The molecule has 1 aliphatic heterocycles. The first kappa shape index (κ1) is 10.4. The summed E-state index contributed by atoms with van der Waals surface area (Å²) in [7, 11) is 0. The van der Waals surface area contributed by atoms with Crippen molar-refractivity contribution in [3.63, 3.8) is 0 Å². The molecule has 3 rings (SSSR count). The Balaban J connectivity index is 2.05. The van der Waals surface area contributed by atoms with E-state index in [1.807, 2.05) is 0 Å². The van der Waals surface area contributed by atoms with Gasteiger partial charge in [0.2, 0.25) is 0 Å². The van der Waals surface area contributed by atoms with E-state index >= 15 is 0 Å². The molecule has 84 valence electrons. The summed E-state index contributed by atoms with van der Waals surface area (Å²) in [6.07, 6.45) is 3.58. The molecule has 0 saturated carbocycles. The number of fused-ring (bicyclic) bond motifs is 1. The second kappa shape index (κ2) is 4.22. The third-order valence-corrected chi connectivity index (χ3v) is 4.47. The van der Waals surface area contributed by atoms with Gasteiger partial charge in [0, 0.05) is 12.1 Å². The fourth-order valence-corrected chi connectivity index (χ4v) is 3.45. The highest BCUT2D eigenvalue weighted by molar-refractivity contribution is 9.11. The van der Waals surface area contributed by atoms with Gasteiger partial charge in [0.1, 0.15) is 0 Å². The predicted molar refractivity (Wildman–Crippen MR) is 71.0 cm³/mol. The first-order valence-corrected chi connectivity index (χ1v) is 7.02. The fraction of sp³-hybridized carbons (Fsp3) is 0.364. The Kier molecular flexibility index (Phi) is 2.73. The molecular weight excluding hydrogens is 286 g/mol. The average Bonchev–Trinajstić information content (AvgIpc) is 2.79. The van der Waals surface area contributed by atoms with Gasteiger partial charge in [0.25, 0.3) is 0 Å². The summed E-state index contributed by atoms with van der Waals surface area (Å²) < 4.78 is 1.16. The largest absolute Gasteiger partial charge is 0.368 e. The van der Waals surface area contributed by atoms with E-state index in [4.69, 9.17) is 0 Å². The van der Waals surface area contributed by atoms with Crippen molar-refractivity contribution in [1.82, 2.24) is 10.2 Å². The van der Waals surface area contributed by atoms with Crippen LogP contribution in [-0.4, -0.2) is 16.7 Å². The number of nitrogens with zero attached hydrogens (tertiary/aromatic N) is 1. The van der Waals surface area contributed by atoms with Crippen LogP contribution in [0.25, 0.3) is 10.6 Å². The van der Waals surface area contributed by atoms with Gasteiger partial charge in [-0.15, -0.1) is 11.3 Å². The highest BCUT2D eigenvalue weighted by Crippen LogP contribution is 2.35. The Morgan fingerprint density at radius 2 is 2.25 bits per heavy atom. The minimum absolute atomic E-state index is 1.03. The Labute approximate surface area is 106 Å². The zero-order valence-corrected chi connectivity index (χ0v) is 11.1. The van der Waals surface area contributed by atoms with Gasteiger partial charge < -0.3 is 5.32 Å². The maximum Gasteiger partial charge on any atom is 0.151 e. The highest BCUT2D eigenvalue weighted by atomic mass is 79.9. The van der Waals surface area contributed by atoms with E-state index in [0.29, 0.717) is 0 Å². The number of halogens is 1. The minimum Gasteiger partial charge on any atom is -0.368 e. The van der Waals surface area contributed by atoms with E-state index in [0.717, 1.165) is 22.6 Å². The van der Waals surface area contributed by atoms with Crippen LogP contribution in [0.2, 0.25) is 0 Å². The lowest BCUT2D eigenvalue weighted by atomic mass is 10.1. The van der Waals surface area contributed by atoms with E-state index < -0.39 is 0 Å². The molecule has 2 aromatic rings. The SMILES string of the molecule is Brc1ccc(-c2[nH]nc3c2CCCCN3)s1. The summed E-state index contributed by atoms with van der Waals surface area (Å²) >= 11 is 5.24. The summed E-state index contributed by atoms with van der Waals surface area (Å²) in [5.74, 6) is 1.04. The Morgan fingerprint density at radius 1 is 1.31 bits per heavy atom. The van der Waals surface area contributed by atoms with Gasteiger partial charge in [-0.25, -0.2) is 0 Å². The van der Waals surface area contributed by atoms with Crippen molar-refractivity contribution < 1.29 is 0 Å². The number of H-pyrrole nitrogens is 1. The van der Waals surface area contributed by atoms with Crippen LogP contribution in [0, 0.1) is 0 Å². The number of hydrogen-bond donors (Lipinski definition) is 2. The lowest BCUT2D eigenvalue weighted by molar-refractivity contribution is 0.784. The highest BCUT2D eigenvalue weighted by Gasteiger charge is 2.17. The molecule has 0 aromatic carbocycles. The molecule has 0 bridgehead atoms. The number of rotatable bonds is 1. The monoisotopic (exact) mass is 297 g/mol. The van der Waals surface area contributed by atoms with Crippen LogP contribution in [-0.2, 0) is 6.42 Å². The molecule has 1 aliphatic rings. The van der Waals surface area contributed by atoms with Crippen LogP contribution in [0.1, 0.15) is 18.4 Å². The van der Waals surface area contributed by atoms with Gasteiger partial charge in [-0.1, -0.05) is 0 Å². The van der Waals surface area contributed by atoms with E-state index in [2.05, 4.69) is 43.6 Å². The van der Waals surface area contributed by atoms with Crippen LogP contribution in [0.5, 0.6) is 0 Å². The number of nitrogens with one attached hydrogen (secondary N) is 2. The lowest BCUT2D eigenvalue weighted by Gasteiger charge is -1.99. The zero-order valence-electron chi connectivity index (χ0n) is 8.72. The Morgan fingerprint density at radius 3 is 3.06 bits per heavy atom. The number of aromatic amines is 1. The quantitative estimate of drug-likeness (QED) is 0.843. The first-order valence-electron chi connectivity index (χ1n) is 5.41. The molecule has 3 nitrogen and oxygen atoms in total. The third kappa shape index (κ3) is 1.78.